The lowest BCUT2D eigenvalue weighted by atomic mass is 9.99. The number of hydrogen-bond donors (Lipinski definition) is 2. The molecule has 0 saturated carbocycles. The highest BCUT2D eigenvalue weighted by Crippen LogP contribution is 2.35. The highest BCUT2D eigenvalue weighted by Gasteiger charge is 2.31. The minimum absolute atomic E-state index is 0.00965. The number of pyridine rings is 1. The fourth-order valence-corrected chi connectivity index (χ4v) is 5.71. The summed E-state index contributed by atoms with van der Waals surface area (Å²) in [7, 11) is -0.792. The number of amides is 2. The van der Waals surface area contributed by atoms with Crippen molar-refractivity contribution < 1.29 is 23.0 Å². The fraction of sp³-hybridized carbons (Fsp3) is 0.300. The van der Waals surface area contributed by atoms with Gasteiger partial charge < -0.3 is 5.32 Å². The highest BCUT2D eigenvalue weighted by molar-refractivity contribution is 8.00. The van der Waals surface area contributed by atoms with Gasteiger partial charge in [0.15, 0.2) is 0 Å². The number of nitrogens with zero attached hydrogens (tertiary/aromatic N) is 6. The second-order valence-electron chi connectivity index (χ2n) is 7.85. The van der Waals surface area contributed by atoms with E-state index in [9.17, 15) is 23.0 Å². The van der Waals surface area contributed by atoms with Crippen LogP contribution in [0, 0.1) is 11.6 Å². The van der Waals surface area contributed by atoms with Crippen LogP contribution in [-0.4, -0.2) is 69.1 Å². The Morgan fingerprint density at radius 3 is 2.76 bits per heavy atom. The summed E-state index contributed by atoms with van der Waals surface area (Å²) in [6, 6.07) is 2.13. The van der Waals surface area contributed by atoms with Crippen LogP contribution in [-0.2, 0) is 23.1 Å². The summed E-state index contributed by atoms with van der Waals surface area (Å²) in [4.78, 5) is 17.4. The molecule has 3 heterocycles. The number of halogens is 3. The lowest BCUT2D eigenvalue weighted by molar-refractivity contribution is -0.0708. The molecular weight excluding hydrogens is 492 g/mol. The Balaban J connectivity index is 1.54. The number of aryl methyl sites for hydroxylation is 1. The molecule has 14 heteroatoms. The van der Waals surface area contributed by atoms with Crippen molar-refractivity contribution in [2.75, 3.05) is 11.5 Å². The van der Waals surface area contributed by atoms with Crippen molar-refractivity contribution in [1.29, 1.82) is 0 Å². The lowest BCUT2D eigenvalue weighted by Crippen LogP contribution is -2.44. The molecule has 2 atom stereocenters. The molecular formula is C20H20ClF2N7O3S. The minimum Gasteiger partial charge on any atom is -0.330 e. The van der Waals surface area contributed by atoms with Crippen molar-refractivity contribution in [3.8, 4) is 22.5 Å². The Bertz CT molecular complexity index is 1370. The summed E-state index contributed by atoms with van der Waals surface area (Å²) in [5.41, 5.74) is 0.282. The van der Waals surface area contributed by atoms with E-state index in [0.29, 0.717) is 17.2 Å². The third-order valence-corrected chi connectivity index (χ3v) is 7.49. The van der Waals surface area contributed by atoms with Crippen LogP contribution in [0.5, 0.6) is 0 Å². The maximum absolute atomic E-state index is 14.8. The number of benzene rings is 1. The van der Waals surface area contributed by atoms with E-state index >= 15 is 0 Å². The fourth-order valence-electron chi connectivity index (χ4n) is 3.62. The number of hydroxylamine groups is 2. The zero-order valence-corrected chi connectivity index (χ0v) is 19.5. The maximum Gasteiger partial charge on any atom is 0.341 e. The zero-order valence-electron chi connectivity index (χ0n) is 17.9. The number of carbonyl (C=O) groups is 1. The Kier molecular flexibility index (Phi) is 6.51. The van der Waals surface area contributed by atoms with E-state index in [1.54, 1.807) is 0 Å². The first-order chi connectivity index (χ1) is 16.0. The van der Waals surface area contributed by atoms with Gasteiger partial charge in [0.05, 0.1) is 30.9 Å². The van der Waals surface area contributed by atoms with Crippen LogP contribution in [0.3, 0.4) is 0 Å². The minimum atomic E-state index is -2.31. The molecule has 34 heavy (non-hydrogen) atoms. The van der Waals surface area contributed by atoms with Gasteiger partial charge in [-0.25, -0.2) is 18.6 Å². The Labute approximate surface area is 198 Å². The van der Waals surface area contributed by atoms with E-state index in [4.69, 9.17) is 11.6 Å². The van der Waals surface area contributed by atoms with E-state index in [-0.39, 0.29) is 45.5 Å². The van der Waals surface area contributed by atoms with Gasteiger partial charge in [-0.05, 0) is 50.8 Å². The van der Waals surface area contributed by atoms with Gasteiger partial charge in [-0.15, -0.1) is 10.2 Å². The average Bonchev–Trinajstić information content (AvgIpc) is 3.36. The molecule has 180 valence electrons. The topological polar surface area (TPSA) is 126 Å². The van der Waals surface area contributed by atoms with Crippen molar-refractivity contribution in [2.45, 2.75) is 19.0 Å². The average molecular weight is 512 g/mol. The van der Waals surface area contributed by atoms with Crippen molar-refractivity contribution in [3.05, 3.63) is 46.7 Å². The van der Waals surface area contributed by atoms with Gasteiger partial charge in [-0.1, -0.05) is 11.6 Å². The molecule has 4 rings (SSSR count). The normalized spacial score (nSPS) is 19.9. The van der Waals surface area contributed by atoms with Gasteiger partial charge >= 0.3 is 6.03 Å². The largest absolute Gasteiger partial charge is 0.341 e. The number of nitrogens with one attached hydrogen (secondary N) is 1. The van der Waals surface area contributed by atoms with E-state index < -0.39 is 33.2 Å². The molecule has 2 amide bonds. The Hall–Kier alpha value is -3.16. The molecule has 0 radical (unpaired) electrons. The van der Waals surface area contributed by atoms with Gasteiger partial charge in [0.25, 0.3) is 0 Å². The van der Waals surface area contributed by atoms with Gasteiger partial charge in [0.1, 0.15) is 11.6 Å². The number of urea groups is 1. The van der Waals surface area contributed by atoms with Gasteiger partial charge in [-0.3, -0.25) is 14.4 Å². The number of carbonyl (C=O) groups excluding carboxylic acids is 1. The SMILES string of the molecule is C=S1(=O)CCC(N(O)C(=O)NCc2ncc(-c3cc(Cl)cc(F)c3-c3nnn(C)n3)cc2F)C1. The molecule has 0 spiro atoms. The number of hydrogen-bond acceptors (Lipinski definition) is 7. The summed E-state index contributed by atoms with van der Waals surface area (Å²) in [6.07, 6.45) is 1.65. The zero-order chi connectivity index (χ0) is 24.6. The summed E-state index contributed by atoms with van der Waals surface area (Å²) in [5, 5.41) is 24.5. The van der Waals surface area contributed by atoms with Crippen LogP contribution >= 0.6 is 11.6 Å². The second-order valence-corrected chi connectivity index (χ2v) is 11.0. The molecule has 0 aliphatic carbocycles. The van der Waals surface area contributed by atoms with E-state index in [0.717, 1.165) is 16.9 Å². The lowest BCUT2D eigenvalue weighted by Gasteiger charge is -2.21. The number of rotatable bonds is 5. The first-order valence-electron chi connectivity index (χ1n) is 10.0. The van der Waals surface area contributed by atoms with Crippen LogP contribution in [0.4, 0.5) is 13.6 Å². The predicted molar refractivity (Wildman–Crippen MR) is 122 cm³/mol. The molecule has 1 aromatic carbocycles. The first kappa shape index (κ1) is 24.0. The van der Waals surface area contributed by atoms with Crippen molar-refractivity contribution in [2.24, 2.45) is 7.05 Å². The molecule has 2 aromatic heterocycles. The summed E-state index contributed by atoms with van der Waals surface area (Å²) < 4.78 is 41.5. The molecule has 1 aliphatic heterocycles. The van der Waals surface area contributed by atoms with Crippen molar-refractivity contribution in [3.63, 3.8) is 0 Å². The standard InChI is InChI=1S/C20H20ClF2N7O3S/c1-29-27-19(26-28-29)18-14(6-12(21)7-16(18)23)11-5-15(22)17(24-8-11)9-25-20(31)30(32)13-3-4-34(2,33)10-13/h5-8,13,32H,2-4,9-10H2,1H3,(H,25,31). The van der Waals surface area contributed by atoms with Crippen LogP contribution in [0.25, 0.3) is 22.5 Å². The third kappa shape index (κ3) is 5.00. The van der Waals surface area contributed by atoms with Gasteiger partial charge in [0, 0.05) is 28.3 Å². The van der Waals surface area contributed by atoms with Crippen LogP contribution in [0.15, 0.2) is 24.4 Å². The van der Waals surface area contributed by atoms with Crippen LogP contribution in [0.1, 0.15) is 12.1 Å². The Morgan fingerprint density at radius 2 is 2.15 bits per heavy atom. The quantitative estimate of drug-likeness (QED) is 0.305. The number of aromatic nitrogens is 5. The van der Waals surface area contributed by atoms with Gasteiger partial charge in [-0.2, -0.15) is 4.80 Å². The summed E-state index contributed by atoms with van der Waals surface area (Å²) >= 11 is 6.01. The van der Waals surface area contributed by atoms with E-state index in [1.165, 1.54) is 19.3 Å². The molecule has 2 N–H and O–H groups in total. The molecule has 1 fully saturated rings. The van der Waals surface area contributed by atoms with E-state index in [1.807, 2.05) is 0 Å². The highest BCUT2D eigenvalue weighted by atomic mass is 35.5. The second kappa shape index (κ2) is 9.24. The predicted octanol–water partition coefficient (Wildman–Crippen LogP) is 2.26. The van der Waals surface area contributed by atoms with Crippen molar-refractivity contribution in [1.82, 2.24) is 35.6 Å². The summed E-state index contributed by atoms with van der Waals surface area (Å²) in [5.74, 6) is 2.50. The number of tetrazole rings is 1. The molecule has 1 saturated heterocycles. The Morgan fingerprint density at radius 1 is 1.38 bits per heavy atom. The monoisotopic (exact) mass is 511 g/mol. The first-order valence-corrected chi connectivity index (χ1v) is 12.4. The molecule has 3 aromatic rings. The van der Waals surface area contributed by atoms with E-state index in [2.05, 4.69) is 31.6 Å². The van der Waals surface area contributed by atoms with Crippen LogP contribution < -0.4 is 5.32 Å². The smallest absolute Gasteiger partial charge is 0.330 e. The molecule has 10 nitrogen and oxygen atoms in total. The maximum atomic E-state index is 14.8. The molecule has 1 aliphatic rings. The third-order valence-electron chi connectivity index (χ3n) is 5.30. The van der Waals surface area contributed by atoms with Gasteiger partial charge in [0.2, 0.25) is 5.82 Å². The summed E-state index contributed by atoms with van der Waals surface area (Å²) in [6.45, 7) is -0.322. The molecule has 0 bridgehead atoms. The molecule has 2 unspecified atom stereocenters. The van der Waals surface area contributed by atoms with Crippen LogP contribution in [0.2, 0.25) is 5.02 Å². The van der Waals surface area contributed by atoms with Crippen molar-refractivity contribution >= 4 is 33.0 Å².